The van der Waals surface area contributed by atoms with Crippen molar-refractivity contribution in [3.05, 3.63) is 60.0 Å². The summed E-state index contributed by atoms with van der Waals surface area (Å²) in [4.78, 5) is 16.7. The number of urea groups is 1. The molecule has 7 nitrogen and oxygen atoms in total. The van der Waals surface area contributed by atoms with Crippen molar-refractivity contribution in [2.75, 3.05) is 19.8 Å². The molecule has 0 saturated heterocycles. The first-order valence-electron chi connectivity index (χ1n) is 9.05. The van der Waals surface area contributed by atoms with Crippen molar-refractivity contribution in [3.8, 4) is 11.5 Å². The molecule has 3 heterocycles. The number of hydrogen-bond acceptors (Lipinski definition) is 4. The van der Waals surface area contributed by atoms with E-state index in [0.29, 0.717) is 26.2 Å². The van der Waals surface area contributed by atoms with Gasteiger partial charge < -0.3 is 24.5 Å². The van der Waals surface area contributed by atoms with E-state index in [9.17, 15) is 4.79 Å². The standard InChI is InChI=1S/C20H22N4O3/c1-14(15-5-6-17-18(12-15)27-11-10-26-17)22-20(25)21-8-7-16-13-24-9-3-2-4-19(24)23-16/h2-6,9,12-14H,7-8,10-11H2,1H3,(H2,21,22,25). The van der Waals surface area contributed by atoms with Crippen molar-refractivity contribution in [2.24, 2.45) is 0 Å². The van der Waals surface area contributed by atoms with Crippen LogP contribution in [-0.2, 0) is 6.42 Å². The van der Waals surface area contributed by atoms with Crippen LogP contribution in [0.3, 0.4) is 0 Å². The van der Waals surface area contributed by atoms with Crippen LogP contribution in [0.25, 0.3) is 5.65 Å². The van der Waals surface area contributed by atoms with E-state index in [0.717, 1.165) is 28.4 Å². The number of carbonyl (C=O) groups is 1. The quantitative estimate of drug-likeness (QED) is 0.728. The number of ether oxygens (including phenoxy) is 2. The summed E-state index contributed by atoms with van der Waals surface area (Å²) in [5, 5.41) is 5.83. The molecule has 0 bridgehead atoms. The lowest BCUT2D eigenvalue weighted by Gasteiger charge is -2.21. The van der Waals surface area contributed by atoms with E-state index in [2.05, 4.69) is 15.6 Å². The Morgan fingerprint density at radius 2 is 2.07 bits per heavy atom. The summed E-state index contributed by atoms with van der Waals surface area (Å²) in [5.74, 6) is 1.47. The molecule has 1 atom stereocenters. The lowest BCUT2D eigenvalue weighted by atomic mass is 10.1. The van der Waals surface area contributed by atoms with E-state index in [-0.39, 0.29) is 12.1 Å². The molecule has 1 aliphatic heterocycles. The summed E-state index contributed by atoms with van der Waals surface area (Å²) in [5.41, 5.74) is 2.82. The van der Waals surface area contributed by atoms with Gasteiger partial charge in [0.25, 0.3) is 0 Å². The predicted octanol–water partition coefficient (Wildman–Crippen LogP) is 2.71. The van der Waals surface area contributed by atoms with Crippen molar-refractivity contribution in [3.63, 3.8) is 0 Å². The first-order chi connectivity index (χ1) is 13.2. The summed E-state index contributed by atoms with van der Waals surface area (Å²) in [6.45, 7) is 3.56. The van der Waals surface area contributed by atoms with Crippen LogP contribution in [0.15, 0.2) is 48.8 Å². The first-order valence-corrected chi connectivity index (χ1v) is 9.05. The third kappa shape index (κ3) is 3.97. The van der Waals surface area contributed by atoms with E-state index >= 15 is 0 Å². The number of rotatable bonds is 5. The molecule has 0 fully saturated rings. The Bertz CT molecular complexity index is 920. The number of carbonyl (C=O) groups excluding carboxylic acids is 1. The molecule has 2 aromatic heterocycles. The normalized spacial score (nSPS) is 14.0. The topological polar surface area (TPSA) is 76.9 Å². The van der Waals surface area contributed by atoms with E-state index in [4.69, 9.17) is 9.47 Å². The van der Waals surface area contributed by atoms with Crippen LogP contribution in [0.2, 0.25) is 0 Å². The van der Waals surface area contributed by atoms with Gasteiger partial charge in [-0.1, -0.05) is 12.1 Å². The highest BCUT2D eigenvalue weighted by molar-refractivity contribution is 5.74. The zero-order valence-electron chi connectivity index (χ0n) is 15.1. The van der Waals surface area contributed by atoms with Crippen molar-refractivity contribution in [1.29, 1.82) is 0 Å². The second-order valence-corrected chi connectivity index (χ2v) is 6.47. The molecule has 2 N–H and O–H groups in total. The number of nitrogens with one attached hydrogen (secondary N) is 2. The van der Waals surface area contributed by atoms with Crippen LogP contribution in [0.1, 0.15) is 24.2 Å². The number of pyridine rings is 1. The van der Waals surface area contributed by atoms with Crippen LogP contribution in [0, 0.1) is 0 Å². The fourth-order valence-corrected chi connectivity index (χ4v) is 3.07. The number of hydrogen-bond donors (Lipinski definition) is 2. The Kier molecular flexibility index (Phi) is 4.82. The maximum atomic E-state index is 12.2. The van der Waals surface area contributed by atoms with Gasteiger partial charge in [0.15, 0.2) is 11.5 Å². The minimum atomic E-state index is -0.207. The lowest BCUT2D eigenvalue weighted by Crippen LogP contribution is -2.38. The second-order valence-electron chi connectivity index (χ2n) is 6.47. The van der Waals surface area contributed by atoms with Crippen molar-refractivity contribution < 1.29 is 14.3 Å². The molecule has 0 aliphatic carbocycles. The first kappa shape index (κ1) is 17.2. The summed E-state index contributed by atoms with van der Waals surface area (Å²) < 4.78 is 13.1. The van der Waals surface area contributed by atoms with Gasteiger partial charge in [-0.15, -0.1) is 0 Å². The Balaban J connectivity index is 1.28. The molecule has 0 spiro atoms. The Hall–Kier alpha value is -3.22. The van der Waals surface area contributed by atoms with Gasteiger partial charge in [-0.25, -0.2) is 9.78 Å². The minimum Gasteiger partial charge on any atom is -0.486 e. The fourth-order valence-electron chi connectivity index (χ4n) is 3.07. The summed E-state index contributed by atoms with van der Waals surface area (Å²) in [6, 6.07) is 11.3. The number of imidazole rings is 1. The van der Waals surface area contributed by atoms with Crippen molar-refractivity contribution in [2.45, 2.75) is 19.4 Å². The molecule has 0 radical (unpaired) electrons. The van der Waals surface area contributed by atoms with Gasteiger partial charge in [0.05, 0.1) is 11.7 Å². The fraction of sp³-hybridized carbons (Fsp3) is 0.300. The highest BCUT2D eigenvalue weighted by atomic mass is 16.6. The summed E-state index contributed by atoms with van der Waals surface area (Å²) >= 11 is 0. The summed E-state index contributed by atoms with van der Waals surface area (Å²) in [6.07, 6.45) is 4.61. The number of amides is 2. The Morgan fingerprint density at radius 1 is 1.22 bits per heavy atom. The van der Waals surface area contributed by atoms with Crippen LogP contribution >= 0.6 is 0 Å². The third-order valence-corrected chi connectivity index (χ3v) is 4.49. The van der Waals surface area contributed by atoms with Crippen LogP contribution in [0.5, 0.6) is 11.5 Å². The molecule has 4 rings (SSSR count). The van der Waals surface area contributed by atoms with Gasteiger partial charge in [0.2, 0.25) is 0 Å². The van der Waals surface area contributed by atoms with Gasteiger partial charge in [-0.05, 0) is 36.8 Å². The van der Waals surface area contributed by atoms with E-state index in [1.807, 2.05) is 60.1 Å². The second kappa shape index (κ2) is 7.57. The molecule has 3 aromatic rings. The number of aromatic nitrogens is 2. The van der Waals surface area contributed by atoms with Crippen LogP contribution < -0.4 is 20.1 Å². The van der Waals surface area contributed by atoms with Crippen LogP contribution in [-0.4, -0.2) is 35.2 Å². The Labute approximate surface area is 157 Å². The largest absolute Gasteiger partial charge is 0.486 e. The number of benzene rings is 1. The molecular formula is C20H22N4O3. The maximum Gasteiger partial charge on any atom is 0.315 e. The highest BCUT2D eigenvalue weighted by Gasteiger charge is 2.15. The third-order valence-electron chi connectivity index (χ3n) is 4.49. The SMILES string of the molecule is CC(NC(=O)NCCc1cn2ccccc2n1)c1ccc2c(c1)OCCO2. The number of nitrogens with zero attached hydrogens (tertiary/aromatic N) is 2. The zero-order chi connectivity index (χ0) is 18.6. The average molecular weight is 366 g/mol. The molecule has 140 valence electrons. The average Bonchev–Trinajstić information content (AvgIpc) is 3.10. The molecule has 1 aliphatic rings. The van der Waals surface area contributed by atoms with E-state index in [1.54, 1.807) is 0 Å². The zero-order valence-corrected chi connectivity index (χ0v) is 15.1. The van der Waals surface area contributed by atoms with Gasteiger partial charge >= 0.3 is 6.03 Å². The predicted molar refractivity (Wildman–Crippen MR) is 101 cm³/mol. The molecule has 1 unspecified atom stereocenters. The molecule has 1 aromatic carbocycles. The minimum absolute atomic E-state index is 0.143. The molecule has 2 amide bonds. The van der Waals surface area contributed by atoms with Gasteiger partial charge in [0.1, 0.15) is 18.9 Å². The van der Waals surface area contributed by atoms with Gasteiger partial charge in [-0.3, -0.25) is 0 Å². The van der Waals surface area contributed by atoms with Crippen molar-refractivity contribution >= 4 is 11.7 Å². The van der Waals surface area contributed by atoms with Gasteiger partial charge in [0, 0.05) is 25.4 Å². The summed E-state index contributed by atoms with van der Waals surface area (Å²) in [7, 11) is 0. The highest BCUT2D eigenvalue weighted by Crippen LogP contribution is 2.32. The van der Waals surface area contributed by atoms with E-state index in [1.165, 1.54) is 0 Å². The molecular weight excluding hydrogens is 344 g/mol. The molecule has 0 saturated carbocycles. The van der Waals surface area contributed by atoms with Crippen LogP contribution in [0.4, 0.5) is 4.79 Å². The molecule has 27 heavy (non-hydrogen) atoms. The van der Waals surface area contributed by atoms with Gasteiger partial charge in [-0.2, -0.15) is 0 Å². The monoisotopic (exact) mass is 366 g/mol. The number of fused-ring (bicyclic) bond motifs is 2. The Morgan fingerprint density at radius 3 is 2.93 bits per heavy atom. The van der Waals surface area contributed by atoms with E-state index < -0.39 is 0 Å². The molecule has 7 heteroatoms. The maximum absolute atomic E-state index is 12.2. The smallest absolute Gasteiger partial charge is 0.315 e. The lowest BCUT2D eigenvalue weighted by molar-refractivity contribution is 0.171. The van der Waals surface area contributed by atoms with Crippen molar-refractivity contribution in [1.82, 2.24) is 20.0 Å².